The van der Waals surface area contributed by atoms with Gasteiger partial charge in [0.1, 0.15) is 0 Å². The number of amides is 1. The summed E-state index contributed by atoms with van der Waals surface area (Å²) in [7, 11) is 0. The van der Waals surface area contributed by atoms with Crippen molar-refractivity contribution in [1.29, 1.82) is 0 Å². The number of rotatable bonds is 3. The van der Waals surface area contributed by atoms with Gasteiger partial charge in [-0.3, -0.25) is 4.79 Å². The van der Waals surface area contributed by atoms with Crippen LogP contribution < -0.4 is 5.73 Å². The number of piperidine rings is 1. The summed E-state index contributed by atoms with van der Waals surface area (Å²) in [6, 6.07) is 0. The van der Waals surface area contributed by atoms with E-state index in [9.17, 15) is 9.90 Å². The summed E-state index contributed by atoms with van der Waals surface area (Å²) >= 11 is 4.70. The van der Waals surface area contributed by atoms with Crippen LogP contribution in [0.3, 0.4) is 0 Å². The summed E-state index contributed by atoms with van der Waals surface area (Å²) in [5.41, 5.74) is 5.32. The van der Waals surface area contributed by atoms with Crippen LogP contribution in [0.25, 0.3) is 0 Å². The molecule has 1 heterocycles. The summed E-state index contributed by atoms with van der Waals surface area (Å²) in [6.07, 6.45) is 1.61. The Labute approximate surface area is 95.4 Å². The van der Waals surface area contributed by atoms with Gasteiger partial charge >= 0.3 is 0 Å². The Morgan fingerprint density at radius 3 is 2.53 bits per heavy atom. The van der Waals surface area contributed by atoms with Gasteiger partial charge in [0.2, 0.25) is 5.91 Å². The lowest BCUT2D eigenvalue weighted by molar-refractivity contribution is -0.131. The van der Waals surface area contributed by atoms with E-state index in [1.54, 1.807) is 11.8 Å². The van der Waals surface area contributed by atoms with Gasteiger partial charge in [0, 0.05) is 13.1 Å². The highest BCUT2D eigenvalue weighted by molar-refractivity contribution is 7.80. The van der Waals surface area contributed by atoms with E-state index in [0.29, 0.717) is 19.0 Å². The van der Waals surface area contributed by atoms with Crippen LogP contribution in [0.15, 0.2) is 0 Å². The van der Waals surface area contributed by atoms with Crippen molar-refractivity contribution in [3.05, 3.63) is 0 Å². The summed E-state index contributed by atoms with van der Waals surface area (Å²) in [5, 5.41) is 9.40. The summed E-state index contributed by atoms with van der Waals surface area (Å²) in [6.45, 7) is 3.21. The Balaban J connectivity index is 2.37. The lowest BCUT2D eigenvalue weighted by Gasteiger charge is -2.33. The number of aliphatic hydroxyl groups is 1. The Hall–Kier alpha value is -0.680. The maximum Gasteiger partial charge on any atom is 0.229 e. The van der Waals surface area contributed by atoms with Gasteiger partial charge in [-0.1, -0.05) is 12.2 Å². The zero-order valence-electron chi connectivity index (χ0n) is 8.98. The molecule has 0 spiro atoms. The molecule has 0 aromatic heterocycles. The second-order valence-electron chi connectivity index (χ2n) is 4.10. The van der Waals surface area contributed by atoms with Gasteiger partial charge in [-0.05, 0) is 25.7 Å². The van der Waals surface area contributed by atoms with E-state index in [0.717, 1.165) is 12.8 Å². The number of likely N-dealkylation sites (tertiary alicyclic amines) is 1. The number of thiocarbonyl (C=S) groups is 1. The van der Waals surface area contributed by atoms with Crippen LogP contribution in [0.4, 0.5) is 0 Å². The zero-order valence-corrected chi connectivity index (χ0v) is 9.80. The minimum atomic E-state index is -0.280. The number of nitrogens with two attached hydrogens (primary N) is 1. The monoisotopic (exact) mass is 230 g/mol. The molecule has 0 radical (unpaired) electrons. The highest BCUT2D eigenvalue weighted by atomic mass is 32.1. The van der Waals surface area contributed by atoms with Crippen LogP contribution in [0.1, 0.15) is 26.2 Å². The predicted octanol–water partition coefficient (Wildman–Crippen LogP) is 0.282. The quantitative estimate of drug-likeness (QED) is 0.684. The summed E-state index contributed by atoms with van der Waals surface area (Å²) in [5.74, 6) is 0.324. The maximum atomic E-state index is 11.6. The fourth-order valence-corrected chi connectivity index (χ4v) is 2.02. The smallest absolute Gasteiger partial charge is 0.229 e. The summed E-state index contributed by atoms with van der Waals surface area (Å²) in [4.78, 5) is 13.6. The molecule has 5 heteroatoms. The third-order valence-corrected chi connectivity index (χ3v) is 3.04. The van der Waals surface area contributed by atoms with E-state index in [2.05, 4.69) is 0 Å². The van der Waals surface area contributed by atoms with Crippen molar-refractivity contribution in [1.82, 2.24) is 4.90 Å². The third-order valence-electron chi connectivity index (χ3n) is 2.90. The Morgan fingerprint density at radius 2 is 2.13 bits per heavy atom. The molecule has 1 saturated heterocycles. The molecule has 1 aliphatic heterocycles. The lowest BCUT2D eigenvalue weighted by Crippen LogP contribution is -2.41. The number of hydrogen-bond donors (Lipinski definition) is 2. The number of nitrogens with zero attached hydrogens (tertiary/aromatic N) is 1. The maximum absolute atomic E-state index is 11.6. The van der Waals surface area contributed by atoms with E-state index < -0.39 is 0 Å². The fourth-order valence-electron chi connectivity index (χ4n) is 1.89. The minimum absolute atomic E-state index is 0.00606. The van der Waals surface area contributed by atoms with Crippen molar-refractivity contribution in [2.24, 2.45) is 11.7 Å². The zero-order chi connectivity index (χ0) is 11.4. The molecule has 4 nitrogen and oxygen atoms in total. The van der Waals surface area contributed by atoms with Crippen LogP contribution in [-0.2, 0) is 4.79 Å². The molecule has 1 amide bonds. The van der Waals surface area contributed by atoms with Crippen molar-refractivity contribution in [2.45, 2.75) is 32.3 Å². The standard InChI is InChI=1S/C10H18N2O2S/c1-7(13)8-2-4-12(5-3-8)10(14)6-9(11)15/h7-8,13H,2-6H2,1H3,(H2,11,15). The molecule has 0 aromatic carbocycles. The average molecular weight is 230 g/mol. The first kappa shape index (κ1) is 12.4. The second-order valence-corrected chi connectivity index (χ2v) is 4.63. The normalized spacial score (nSPS) is 20.0. The number of carbonyl (C=O) groups excluding carboxylic acids is 1. The highest BCUT2D eigenvalue weighted by Crippen LogP contribution is 2.20. The van der Waals surface area contributed by atoms with Gasteiger partial charge < -0.3 is 15.7 Å². The van der Waals surface area contributed by atoms with Crippen LogP contribution >= 0.6 is 12.2 Å². The topological polar surface area (TPSA) is 66.6 Å². The largest absolute Gasteiger partial charge is 0.393 e. The van der Waals surface area contributed by atoms with Crippen molar-refractivity contribution in [2.75, 3.05) is 13.1 Å². The van der Waals surface area contributed by atoms with E-state index in [-0.39, 0.29) is 23.4 Å². The van der Waals surface area contributed by atoms with E-state index in [1.165, 1.54) is 0 Å². The summed E-state index contributed by atoms with van der Waals surface area (Å²) < 4.78 is 0. The first-order valence-electron chi connectivity index (χ1n) is 5.25. The van der Waals surface area contributed by atoms with Crippen LogP contribution in [-0.4, -0.2) is 40.1 Å². The highest BCUT2D eigenvalue weighted by Gasteiger charge is 2.25. The van der Waals surface area contributed by atoms with Gasteiger partial charge in [-0.2, -0.15) is 0 Å². The molecule has 0 aromatic rings. The first-order chi connectivity index (χ1) is 7.00. The molecule has 15 heavy (non-hydrogen) atoms. The Kier molecular flexibility index (Phi) is 4.47. The molecule has 1 fully saturated rings. The predicted molar refractivity (Wildman–Crippen MR) is 62.4 cm³/mol. The number of carbonyl (C=O) groups is 1. The van der Waals surface area contributed by atoms with Crippen LogP contribution in [0, 0.1) is 5.92 Å². The molecule has 1 rings (SSSR count). The van der Waals surface area contributed by atoms with Crippen LogP contribution in [0.2, 0.25) is 0 Å². The van der Waals surface area contributed by atoms with Gasteiger partial charge in [0.05, 0.1) is 17.5 Å². The molecule has 0 aliphatic carbocycles. The van der Waals surface area contributed by atoms with E-state index in [4.69, 9.17) is 18.0 Å². The molecular weight excluding hydrogens is 212 g/mol. The molecule has 1 unspecified atom stereocenters. The molecule has 0 saturated carbocycles. The molecule has 0 bridgehead atoms. The molecular formula is C10H18N2O2S. The van der Waals surface area contributed by atoms with E-state index >= 15 is 0 Å². The van der Waals surface area contributed by atoms with Gasteiger partial charge in [0.25, 0.3) is 0 Å². The van der Waals surface area contributed by atoms with Gasteiger partial charge in [-0.25, -0.2) is 0 Å². The minimum Gasteiger partial charge on any atom is -0.393 e. The van der Waals surface area contributed by atoms with Crippen molar-refractivity contribution in [3.8, 4) is 0 Å². The molecule has 86 valence electrons. The van der Waals surface area contributed by atoms with Gasteiger partial charge in [-0.15, -0.1) is 0 Å². The molecule has 1 atom stereocenters. The first-order valence-corrected chi connectivity index (χ1v) is 5.65. The fraction of sp³-hybridized carbons (Fsp3) is 0.800. The van der Waals surface area contributed by atoms with Crippen molar-refractivity contribution >= 4 is 23.1 Å². The van der Waals surface area contributed by atoms with Crippen molar-refractivity contribution < 1.29 is 9.90 Å². The molecule has 3 N–H and O–H groups in total. The lowest BCUT2D eigenvalue weighted by atomic mass is 9.92. The Bertz CT molecular complexity index is 248. The SMILES string of the molecule is CC(O)C1CCN(C(=O)CC(N)=S)CC1. The number of aliphatic hydroxyl groups excluding tert-OH is 1. The van der Waals surface area contributed by atoms with Crippen molar-refractivity contribution in [3.63, 3.8) is 0 Å². The molecule has 1 aliphatic rings. The average Bonchev–Trinajstić information content (AvgIpc) is 2.17. The second kappa shape index (κ2) is 5.42. The van der Waals surface area contributed by atoms with Crippen LogP contribution in [0.5, 0.6) is 0 Å². The number of hydrogen-bond acceptors (Lipinski definition) is 3. The Morgan fingerprint density at radius 1 is 1.60 bits per heavy atom. The van der Waals surface area contributed by atoms with E-state index in [1.807, 2.05) is 0 Å². The van der Waals surface area contributed by atoms with Gasteiger partial charge in [0.15, 0.2) is 0 Å². The third kappa shape index (κ3) is 3.76.